The van der Waals surface area contributed by atoms with Crippen LogP contribution < -0.4 is 5.32 Å². The highest BCUT2D eigenvalue weighted by atomic mass is 16.3. The van der Waals surface area contributed by atoms with Gasteiger partial charge in [-0.2, -0.15) is 0 Å². The summed E-state index contributed by atoms with van der Waals surface area (Å²) in [5, 5.41) is 22.8. The number of aliphatic hydroxyl groups excluding tert-OH is 2. The number of nitrogens with one attached hydrogen (secondary N) is 1. The van der Waals surface area contributed by atoms with Crippen molar-refractivity contribution in [2.75, 3.05) is 6.54 Å². The van der Waals surface area contributed by atoms with Gasteiger partial charge in [-0.15, -0.1) is 0 Å². The molecule has 3 N–H and O–H groups in total. The maximum atomic E-state index is 12.4. The van der Waals surface area contributed by atoms with Crippen molar-refractivity contribution in [1.82, 2.24) is 10.2 Å². The molecule has 1 amide bonds. The lowest BCUT2D eigenvalue weighted by molar-refractivity contribution is -0.138. The standard InChI is InChI=1S/C16H24N2O3/c1-2-3-9-14(20)18(11-12-7-5-4-6-8-12)16-15(21)13(19)10-17-16/h4-8,13,15-17,19,21H,2-3,9-11H2,1H3. The van der Waals surface area contributed by atoms with Gasteiger partial charge in [-0.25, -0.2) is 0 Å². The highest BCUT2D eigenvalue weighted by Gasteiger charge is 2.38. The quantitative estimate of drug-likeness (QED) is 0.727. The highest BCUT2D eigenvalue weighted by Crippen LogP contribution is 2.18. The predicted octanol–water partition coefficient (Wildman–Crippen LogP) is 0.856. The smallest absolute Gasteiger partial charge is 0.224 e. The Morgan fingerprint density at radius 1 is 1.33 bits per heavy atom. The number of carbonyl (C=O) groups is 1. The van der Waals surface area contributed by atoms with Crippen molar-refractivity contribution >= 4 is 5.91 Å². The molecule has 21 heavy (non-hydrogen) atoms. The molecular formula is C16H24N2O3. The van der Waals surface area contributed by atoms with Gasteiger partial charge >= 0.3 is 0 Å². The first-order valence-corrected chi connectivity index (χ1v) is 7.56. The Morgan fingerprint density at radius 3 is 2.62 bits per heavy atom. The van der Waals surface area contributed by atoms with Gasteiger partial charge in [-0.1, -0.05) is 43.7 Å². The molecule has 3 unspecified atom stereocenters. The Morgan fingerprint density at radius 2 is 2.05 bits per heavy atom. The second kappa shape index (κ2) is 7.54. The minimum atomic E-state index is -0.945. The first-order valence-electron chi connectivity index (χ1n) is 7.56. The number of hydrogen-bond donors (Lipinski definition) is 3. The van der Waals surface area contributed by atoms with Crippen LogP contribution in [-0.4, -0.2) is 45.9 Å². The van der Waals surface area contributed by atoms with E-state index in [1.165, 1.54) is 0 Å². The Kier molecular flexibility index (Phi) is 5.73. The zero-order valence-corrected chi connectivity index (χ0v) is 12.4. The van der Waals surface area contributed by atoms with Crippen LogP contribution >= 0.6 is 0 Å². The highest BCUT2D eigenvalue weighted by molar-refractivity contribution is 5.76. The number of nitrogens with zero attached hydrogens (tertiary/aromatic N) is 1. The van der Waals surface area contributed by atoms with Gasteiger partial charge in [-0.3, -0.25) is 10.1 Å². The Balaban J connectivity index is 2.12. The van der Waals surface area contributed by atoms with Gasteiger partial charge in [0.05, 0.1) is 6.10 Å². The molecule has 0 bridgehead atoms. The average molecular weight is 292 g/mol. The van der Waals surface area contributed by atoms with Crippen molar-refractivity contribution in [2.24, 2.45) is 0 Å². The maximum Gasteiger partial charge on any atom is 0.224 e. The molecule has 0 saturated carbocycles. The lowest BCUT2D eigenvalue weighted by atomic mass is 10.1. The van der Waals surface area contributed by atoms with Crippen molar-refractivity contribution in [3.8, 4) is 0 Å². The van der Waals surface area contributed by atoms with Crippen LogP contribution in [-0.2, 0) is 11.3 Å². The molecule has 2 rings (SSSR count). The predicted molar refractivity (Wildman–Crippen MR) is 80.3 cm³/mol. The molecule has 1 fully saturated rings. The SMILES string of the molecule is CCCCC(=O)N(Cc1ccccc1)C1NCC(O)C1O. The second-order valence-electron chi connectivity index (χ2n) is 5.52. The lowest BCUT2D eigenvalue weighted by Crippen LogP contribution is -2.51. The molecule has 0 aromatic heterocycles. The molecule has 5 nitrogen and oxygen atoms in total. The van der Waals surface area contributed by atoms with Gasteiger partial charge in [0, 0.05) is 19.5 Å². The number of β-amino-alcohol motifs (C(OH)–C–C–N with tert-alkyl or cyclic N) is 1. The summed E-state index contributed by atoms with van der Waals surface area (Å²) in [6.07, 6.45) is -0.0512. The molecular weight excluding hydrogens is 268 g/mol. The van der Waals surface area contributed by atoms with Crippen molar-refractivity contribution in [1.29, 1.82) is 0 Å². The van der Waals surface area contributed by atoms with Gasteiger partial charge in [0.15, 0.2) is 0 Å². The van der Waals surface area contributed by atoms with Gasteiger partial charge in [0.1, 0.15) is 12.3 Å². The van der Waals surface area contributed by atoms with E-state index in [0.717, 1.165) is 18.4 Å². The summed E-state index contributed by atoms with van der Waals surface area (Å²) < 4.78 is 0. The fourth-order valence-corrected chi connectivity index (χ4v) is 2.58. The molecule has 5 heteroatoms. The van der Waals surface area contributed by atoms with Crippen molar-refractivity contribution in [3.05, 3.63) is 35.9 Å². The van der Waals surface area contributed by atoms with Crippen LogP contribution in [0.1, 0.15) is 31.7 Å². The molecule has 1 saturated heterocycles. The summed E-state index contributed by atoms with van der Waals surface area (Å²) in [5.41, 5.74) is 1.01. The number of hydrogen-bond acceptors (Lipinski definition) is 4. The topological polar surface area (TPSA) is 72.8 Å². The third-order valence-electron chi connectivity index (χ3n) is 3.85. The molecule has 1 aliphatic heterocycles. The van der Waals surface area contributed by atoms with E-state index < -0.39 is 18.4 Å². The third kappa shape index (κ3) is 4.03. The average Bonchev–Trinajstić information content (AvgIpc) is 2.83. The van der Waals surface area contributed by atoms with Crippen LogP contribution in [0.4, 0.5) is 0 Å². The first kappa shape index (κ1) is 15.9. The van der Waals surface area contributed by atoms with E-state index in [0.29, 0.717) is 19.5 Å². The summed E-state index contributed by atoms with van der Waals surface area (Å²) in [4.78, 5) is 14.1. The van der Waals surface area contributed by atoms with E-state index in [-0.39, 0.29) is 5.91 Å². The van der Waals surface area contributed by atoms with Crippen molar-refractivity contribution in [3.63, 3.8) is 0 Å². The van der Waals surface area contributed by atoms with Crippen LogP contribution in [0.2, 0.25) is 0 Å². The van der Waals surface area contributed by atoms with E-state index in [9.17, 15) is 15.0 Å². The molecule has 1 heterocycles. The lowest BCUT2D eigenvalue weighted by Gasteiger charge is -2.31. The van der Waals surface area contributed by atoms with Crippen molar-refractivity contribution < 1.29 is 15.0 Å². The Hall–Kier alpha value is -1.43. The molecule has 1 aliphatic rings. The van der Waals surface area contributed by atoms with E-state index in [1.807, 2.05) is 37.3 Å². The fourth-order valence-electron chi connectivity index (χ4n) is 2.58. The number of carbonyl (C=O) groups excluding carboxylic acids is 1. The first-order chi connectivity index (χ1) is 10.1. The van der Waals surface area contributed by atoms with Crippen LogP contribution in [0.5, 0.6) is 0 Å². The maximum absolute atomic E-state index is 12.4. The van der Waals surface area contributed by atoms with Crippen molar-refractivity contribution in [2.45, 2.75) is 51.1 Å². The minimum Gasteiger partial charge on any atom is -0.389 e. The van der Waals surface area contributed by atoms with Crippen LogP contribution in [0.3, 0.4) is 0 Å². The van der Waals surface area contributed by atoms with Crippen LogP contribution in [0.25, 0.3) is 0 Å². The number of aliphatic hydroxyl groups is 2. The van der Waals surface area contributed by atoms with E-state index >= 15 is 0 Å². The summed E-state index contributed by atoms with van der Waals surface area (Å²) >= 11 is 0. The largest absolute Gasteiger partial charge is 0.389 e. The minimum absolute atomic E-state index is 0.00588. The number of amides is 1. The second-order valence-corrected chi connectivity index (χ2v) is 5.52. The Bertz CT molecular complexity index is 452. The molecule has 0 spiro atoms. The normalized spacial score (nSPS) is 25.0. The summed E-state index contributed by atoms with van der Waals surface area (Å²) in [7, 11) is 0. The fraction of sp³-hybridized carbons (Fsp3) is 0.562. The van der Waals surface area contributed by atoms with E-state index in [4.69, 9.17) is 0 Å². The molecule has 1 aromatic carbocycles. The molecule has 0 radical (unpaired) electrons. The summed E-state index contributed by atoms with van der Waals surface area (Å²) in [6.45, 7) is 2.78. The molecule has 1 aromatic rings. The summed E-state index contributed by atoms with van der Waals surface area (Å²) in [6, 6.07) is 9.70. The molecule has 116 valence electrons. The third-order valence-corrected chi connectivity index (χ3v) is 3.85. The van der Waals surface area contributed by atoms with E-state index in [2.05, 4.69) is 5.32 Å². The molecule has 0 aliphatic carbocycles. The Labute approximate surface area is 125 Å². The van der Waals surface area contributed by atoms with Gasteiger partial charge < -0.3 is 15.1 Å². The summed E-state index contributed by atoms with van der Waals surface area (Å²) in [5.74, 6) is 0.00588. The number of unbranched alkanes of at least 4 members (excludes halogenated alkanes) is 1. The zero-order valence-electron chi connectivity index (χ0n) is 12.4. The van der Waals surface area contributed by atoms with Gasteiger partial charge in [0.2, 0.25) is 5.91 Å². The number of rotatable bonds is 6. The van der Waals surface area contributed by atoms with Gasteiger partial charge in [0.25, 0.3) is 0 Å². The van der Waals surface area contributed by atoms with Crippen LogP contribution in [0.15, 0.2) is 30.3 Å². The number of benzene rings is 1. The van der Waals surface area contributed by atoms with Gasteiger partial charge in [-0.05, 0) is 12.0 Å². The molecule has 3 atom stereocenters. The van der Waals surface area contributed by atoms with Crippen LogP contribution in [0, 0.1) is 0 Å². The zero-order chi connectivity index (χ0) is 15.2. The van der Waals surface area contributed by atoms with E-state index in [1.54, 1.807) is 4.90 Å². The monoisotopic (exact) mass is 292 g/mol.